The number of carbonyl (C=O) groups excluding carboxylic acids is 1. The Bertz CT molecular complexity index is 1280. The number of carbonyl (C=O) groups is 1. The molecule has 10 heteroatoms. The third kappa shape index (κ3) is 3.38. The van der Waals surface area contributed by atoms with Gasteiger partial charge in [-0.1, -0.05) is 23.7 Å². The summed E-state index contributed by atoms with van der Waals surface area (Å²) in [6.07, 6.45) is 1.13. The van der Waals surface area contributed by atoms with Crippen molar-refractivity contribution in [1.82, 2.24) is 15.1 Å². The van der Waals surface area contributed by atoms with Crippen molar-refractivity contribution in [3.05, 3.63) is 75.7 Å². The average molecular weight is 476 g/mol. The minimum Gasteiger partial charge on any atom is -0.377 e. The maximum Gasteiger partial charge on any atom is 0.260 e. The molecule has 0 radical (unpaired) electrons. The van der Waals surface area contributed by atoms with Gasteiger partial charge >= 0.3 is 0 Å². The second-order valence-electron chi connectivity index (χ2n) is 8.65. The van der Waals surface area contributed by atoms with Crippen LogP contribution in [0.1, 0.15) is 28.4 Å². The van der Waals surface area contributed by atoms with Crippen LogP contribution in [0.25, 0.3) is 0 Å². The van der Waals surface area contributed by atoms with Gasteiger partial charge in [0.25, 0.3) is 5.91 Å². The number of rotatable bonds is 4. The molecule has 0 saturated carbocycles. The minimum absolute atomic E-state index is 0.0166. The Morgan fingerprint density at radius 3 is 2.58 bits per heavy atom. The number of anilines is 2. The summed E-state index contributed by atoms with van der Waals surface area (Å²) in [5, 5.41) is 10.2. The van der Waals surface area contributed by atoms with Gasteiger partial charge in [-0.3, -0.25) is 14.4 Å². The number of hydrogen-bond donors (Lipinski definition) is 2. The number of aromatic nitrogens is 2. The molecule has 2 aliphatic rings. The summed E-state index contributed by atoms with van der Waals surface area (Å²) in [7, 11) is 1.53. The molecule has 33 heavy (non-hydrogen) atoms. The van der Waals surface area contributed by atoms with Crippen LogP contribution in [-0.4, -0.2) is 41.4 Å². The van der Waals surface area contributed by atoms with E-state index in [0.29, 0.717) is 13.1 Å². The molecule has 2 aliphatic heterocycles. The zero-order chi connectivity index (χ0) is 23.5. The maximum absolute atomic E-state index is 16.0. The molecule has 172 valence electrons. The van der Waals surface area contributed by atoms with E-state index in [-0.39, 0.29) is 45.8 Å². The molecule has 1 atom stereocenters. The predicted molar refractivity (Wildman–Crippen MR) is 119 cm³/mol. The van der Waals surface area contributed by atoms with Crippen LogP contribution in [0, 0.1) is 17.5 Å². The number of nitrogens with zero attached hydrogens (tertiary/aromatic N) is 3. The van der Waals surface area contributed by atoms with Crippen molar-refractivity contribution in [1.29, 1.82) is 0 Å². The number of amides is 1. The molecule has 1 unspecified atom stereocenters. The van der Waals surface area contributed by atoms with Gasteiger partial charge in [-0.2, -0.15) is 5.10 Å². The summed E-state index contributed by atoms with van der Waals surface area (Å²) < 4.78 is 47.1. The zero-order valence-corrected chi connectivity index (χ0v) is 18.7. The largest absolute Gasteiger partial charge is 0.377 e. The van der Waals surface area contributed by atoms with E-state index in [2.05, 4.69) is 15.7 Å². The van der Waals surface area contributed by atoms with Gasteiger partial charge in [0.15, 0.2) is 17.5 Å². The van der Waals surface area contributed by atoms with Crippen LogP contribution in [0.15, 0.2) is 36.5 Å². The van der Waals surface area contributed by atoms with Gasteiger partial charge in [-0.25, -0.2) is 13.2 Å². The number of aryl methyl sites for hydroxylation is 1. The van der Waals surface area contributed by atoms with E-state index < -0.39 is 28.8 Å². The Labute approximate surface area is 193 Å². The first-order chi connectivity index (χ1) is 15.7. The lowest BCUT2D eigenvalue weighted by Gasteiger charge is -2.42. The third-order valence-corrected chi connectivity index (χ3v) is 6.64. The van der Waals surface area contributed by atoms with Crippen molar-refractivity contribution >= 4 is 29.0 Å². The predicted octanol–water partition coefficient (Wildman–Crippen LogP) is 3.84. The standard InChI is InChI=1S/C23H21ClF3N5O/c1-23(14-4-3-5-15(24)19(14)26)11-32(21-16(25)10-31(2)30-21)22(33)13-6-7-17(20(27)18(13)23)29-12-8-28-9-12/h3-7,10,12,28-29H,8-9,11H2,1-2H3. The lowest BCUT2D eigenvalue weighted by Crippen LogP contribution is -2.52. The number of benzene rings is 2. The molecule has 0 aliphatic carbocycles. The Morgan fingerprint density at radius 1 is 1.18 bits per heavy atom. The van der Waals surface area contributed by atoms with Crippen LogP contribution in [0.2, 0.25) is 5.02 Å². The summed E-state index contributed by atoms with van der Waals surface area (Å²) in [5.74, 6) is -2.89. The van der Waals surface area contributed by atoms with Crippen LogP contribution in [-0.2, 0) is 12.5 Å². The van der Waals surface area contributed by atoms with Crippen LogP contribution < -0.4 is 15.5 Å². The third-order valence-electron chi connectivity index (χ3n) is 6.35. The maximum atomic E-state index is 16.0. The van der Waals surface area contributed by atoms with Crippen molar-refractivity contribution in [2.24, 2.45) is 7.05 Å². The molecule has 0 bridgehead atoms. The van der Waals surface area contributed by atoms with Gasteiger partial charge in [0.1, 0.15) is 5.82 Å². The summed E-state index contributed by atoms with van der Waals surface area (Å²) >= 11 is 6.05. The highest BCUT2D eigenvalue weighted by Gasteiger charge is 2.47. The topological polar surface area (TPSA) is 62.2 Å². The van der Waals surface area contributed by atoms with Crippen molar-refractivity contribution in [2.75, 3.05) is 29.9 Å². The highest BCUT2D eigenvalue weighted by molar-refractivity contribution is 6.30. The summed E-state index contributed by atoms with van der Waals surface area (Å²) in [5.41, 5.74) is -0.992. The number of halogens is 4. The fourth-order valence-electron chi connectivity index (χ4n) is 4.58. The quantitative estimate of drug-likeness (QED) is 0.602. The van der Waals surface area contributed by atoms with Crippen molar-refractivity contribution in [3.63, 3.8) is 0 Å². The van der Waals surface area contributed by atoms with Gasteiger partial charge in [0, 0.05) is 48.8 Å². The molecule has 1 aromatic heterocycles. The molecule has 2 aromatic carbocycles. The molecule has 5 rings (SSSR count). The number of fused-ring (bicyclic) bond motifs is 1. The second-order valence-corrected chi connectivity index (χ2v) is 9.06. The molecule has 1 fully saturated rings. The van der Waals surface area contributed by atoms with Crippen LogP contribution in [0.3, 0.4) is 0 Å². The van der Waals surface area contributed by atoms with Crippen molar-refractivity contribution in [2.45, 2.75) is 18.4 Å². The smallest absolute Gasteiger partial charge is 0.260 e. The Kier molecular flexibility index (Phi) is 5.13. The minimum atomic E-state index is -1.37. The molecule has 6 nitrogen and oxygen atoms in total. The Hall–Kier alpha value is -3.04. The number of nitrogens with one attached hydrogen (secondary N) is 2. The van der Waals surface area contributed by atoms with E-state index in [1.807, 2.05) is 0 Å². The van der Waals surface area contributed by atoms with E-state index in [4.69, 9.17) is 11.6 Å². The lowest BCUT2D eigenvalue weighted by atomic mass is 9.70. The first-order valence-corrected chi connectivity index (χ1v) is 10.8. The monoisotopic (exact) mass is 475 g/mol. The molecule has 3 heterocycles. The fourth-order valence-corrected chi connectivity index (χ4v) is 4.75. The van der Waals surface area contributed by atoms with Gasteiger partial charge in [0.05, 0.1) is 22.9 Å². The summed E-state index contributed by atoms with van der Waals surface area (Å²) in [6, 6.07) is 7.48. The van der Waals surface area contributed by atoms with E-state index in [1.165, 1.54) is 36.0 Å². The highest BCUT2D eigenvalue weighted by Crippen LogP contribution is 2.45. The van der Waals surface area contributed by atoms with Crippen molar-refractivity contribution < 1.29 is 18.0 Å². The molecule has 2 N–H and O–H groups in total. The Balaban J connectivity index is 1.73. The summed E-state index contributed by atoms with van der Waals surface area (Å²) in [4.78, 5) is 14.5. The average Bonchev–Trinajstić information content (AvgIpc) is 3.08. The highest BCUT2D eigenvalue weighted by atomic mass is 35.5. The lowest BCUT2D eigenvalue weighted by molar-refractivity contribution is 0.0967. The van der Waals surface area contributed by atoms with Crippen LogP contribution in [0.5, 0.6) is 0 Å². The Morgan fingerprint density at radius 2 is 1.94 bits per heavy atom. The second kappa shape index (κ2) is 7.78. The van der Waals surface area contributed by atoms with Crippen LogP contribution >= 0.6 is 11.6 Å². The number of hydrogen-bond acceptors (Lipinski definition) is 4. The molecule has 1 saturated heterocycles. The zero-order valence-electron chi connectivity index (χ0n) is 17.9. The van der Waals surface area contributed by atoms with Gasteiger partial charge in [-0.05, 0) is 25.1 Å². The van der Waals surface area contributed by atoms with E-state index in [1.54, 1.807) is 13.0 Å². The fraction of sp³-hybridized carbons (Fsp3) is 0.304. The van der Waals surface area contributed by atoms with Gasteiger partial charge < -0.3 is 10.6 Å². The normalized spacial score (nSPS) is 20.5. The molecular weight excluding hydrogens is 455 g/mol. The van der Waals surface area contributed by atoms with E-state index >= 15 is 8.78 Å². The van der Waals surface area contributed by atoms with Crippen LogP contribution in [0.4, 0.5) is 24.7 Å². The SMILES string of the molecule is Cn1cc(F)c(N2CC(C)(c3cccc(Cl)c3F)c3c(ccc(NC4CNC4)c3F)C2=O)n1. The molecule has 3 aromatic rings. The van der Waals surface area contributed by atoms with E-state index in [0.717, 1.165) is 11.1 Å². The first kappa shape index (κ1) is 21.8. The summed E-state index contributed by atoms with van der Waals surface area (Å²) in [6.45, 7) is 2.76. The molecule has 0 spiro atoms. The molecular formula is C23H21ClF3N5O. The van der Waals surface area contributed by atoms with Crippen molar-refractivity contribution in [3.8, 4) is 0 Å². The van der Waals surface area contributed by atoms with E-state index in [9.17, 15) is 9.18 Å². The van der Waals surface area contributed by atoms with Gasteiger partial charge in [-0.15, -0.1) is 0 Å². The molecule has 1 amide bonds. The van der Waals surface area contributed by atoms with Gasteiger partial charge in [0.2, 0.25) is 0 Å². The first-order valence-electron chi connectivity index (χ1n) is 10.5.